The Balaban J connectivity index is 1.59. The van der Waals surface area contributed by atoms with Crippen LogP contribution < -0.4 is 10.1 Å². The molecule has 0 radical (unpaired) electrons. The lowest BCUT2D eigenvalue weighted by Gasteiger charge is -2.11. The first-order valence-corrected chi connectivity index (χ1v) is 10.9. The summed E-state index contributed by atoms with van der Waals surface area (Å²) >= 11 is 0. The summed E-state index contributed by atoms with van der Waals surface area (Å²) in [5.41, 5.74) is 6.76. The number of carbonyl (C=O) groups is 1. The molecule has 3 aromatic carbocycles. The molecule has 0 saturated heterocycles. The Kier molecular flexibility index (Phi) is 6.61. The van der Waals surface area contributed by atoms with Gasteiger partial charge in [0.05, 0.1) is 7.11 Å². The number of ether oxygens (including phenoxy) is 1. The van der Waals surface area contributed by atoms with Crippen molar-refractivity contribution in [1.29, 1.82) is 5.26 Å². The van der Waals surface area contributed by atoms with Crippen molar-refractivity contribution < 1.29 is 9.53 Å². The zero-order chi connectivity index (χ0) is 24.1. The Labute approximate surface area is 199 Å². The van der Waals surface area contributed by atoms with Crippen molar-refractivity contribution in [2.24, 2.45) is 0 Å². The van der Waals surface area contributed by atoms with Gasteiger partial charge in [-0.25, -0.2) is 0 Å². The van der Waals surface area contributed by atoms with Crippen LogP contribution in [0.2, 0.25) is 0 Å². The maximum Gasteiger partial charge on any atom is 0.266 e. The normalized spacial score (nSPS) is 11.1. The lowest BCUT2D eigenvalue weighted by atomic mass is 10.1. The second-order valence-corrected chi connectivity index (χ2v) is 7.93. The van der Waals surface area contributed by atoms with Crippen molar-refractivity contribution in [2.45, 2.75) is 13.8 Å². The Morgan fingerprint density at radius 2 is 1.59 bits per heavy atom. The number of nitrogens with one attached hydrogen (secondary N) is 1. The molecule has 0 atom stereocenters. The van der Waals surface area contributed by atoms with Crippen molar-refractivity contribution in [1.82, 2.24) is 4.57 Å². The first-order valence-electron chi connectivity index (χ1n) is 10.9. The molecule has 0 bridgehead atoms. The van der Waals surface area contributed by atoms with E-state index in [1.165, 1.54) is 5.56 Å². The molecule has 1 heterocycles. The number of methoxy groups -OCH3 is 1. The maximum absolute atomic E-state index is 12.7. The quantitative estimate of drug-likeness (QED) is 0.278. The molecule has 0 spiro atoms. The minimum Gasteiger partial charge on any atom is -0.497 e. The van der Waals surface area contributed by atoms with Crippen molar-refractivity contribution >= 4 is 17.7 Å². The van der Waals surface area contributed by atoms with Gasteiger partial charge in [-0.1, -0.05) is 42.5 Å². The number of anilines is 1. The number of nitriles is 1. The number of amides is 1. The van der Waals surface area contributed by atoms with Gasteiger partial charge in [0.25, 0.3) is 5.91 Å². The van der Waals surface area contributed by atoms with Crippen LogP contribution in [0.15, 0.2) is 90.5 Å². The molecule has 1 amide bonds. The van der Waals surface area contributed by atoms with Crippen molar-refractivity contribution in [2.75, 3.05) is 12.4 Å². The van der Waals surface area contributed by atoms with Gasteiger partial charge in [-0.15, -0.1) is 0 Å². The van der Waals surface area contributed by atoms with E-state index in [9.17, 15) is 10.1 Å². The summed E-state index contributed by atoms with van der Waals surface area (Å²) in [6.07, 6.45) is 1.63. The molecule has 0 aliphatic rings. The Morgan fingerprint density at radius 3 is 2.21 bits per heavy atom. The summed E-state index contributed by atoms with van der Waals surface area (Å²) in [4.78, 5) is 12.7. The van der Waals surface area contributed by atoms with Crippen LogP contribution in [-0.4, -0.2) is 17.6 Å². The van der Waals surface area contributed by atoms with E-state index in [0.717, 1.165) is 28.2 Å². The fraction of sp³-hybridized carbons (Fsp3) is 0.103. The van der Waals surface area contributed by atoms with Gasteiger partial charge >= 0.3 is 0 Å². The van der Waals surface area contributed by atoms with Gasteiger partial charge in [0.15, 0.2) is 0 Å². The third kappa shape index (κ3) is 4.77. The van der Waals surface area contributed by atoms with Crippen LogP contribution in [-0.2, 0) is 4.79 Å². The van der Waals surface area contributed by atoms with Gasteiger partial charge < -0.3 is 14.6 Å². The van der Waals surface area contributed by atoms with Gasteiger partial charge in [0.2, 0.25) is 0 Å². The second kappa shape index (κ2) is 9.93. The molecule has 168 valence electrons. The molecule has 0 aliphatic heterocycles. The van der Waals surface area contributed by atoms with Crippen molar-refractivity contribution in [3.8, 4) is 28.6 Å². The fourth-order valence-corrected chi connectivity index (χ4v) is 3.94. The molecule has 0 aliphatic carbocycles. The number of aromatic nitrogens is 1. The highest BCUT2D eigenvalue weighted by atomic mass is 16.5. The second-order valence-electron chi connectivity index (χ2n) is 7.93. The molecule has 4 aromatic rings. The minimum absolute atomic E-state index is 0.0375. The Morgan fingerprint density at radius 1 is 0.941 bits per heavy atom. The highest BCUT2D eigenvalue weighted by Crippen LogP contribution is 2.26. The van der Waals surface area contributed by atoms with E-state index in [4.69, 9.17) is 4.74 Å². The van der Waals surface area contributed by atoms with Crippen LogP contribution in [0.5, 0.6) is 5.75 Å². The Hall–Kier alpha value is -4.56. The molecule has 34 heavy (non-hydrogen) atoms. The van der Waals surface area contributed by atoms with Gasteiger partial charge in [0, 0.05) is 22.8 Å². The lowest BCUT2D eigenvalue weighted by molar-refractivity contribution is -0.112. The highest BCUT2D eigenvalue weighted by molar-refractivity contribution is 6.09. The maximum atomic E-state index is 12.7. The van der Waals surface area contributed by atoms with Crippen LogP contribution >= 0.6 is 0 Å². The average molecular weight is 448 g/mol. The van der Waals surface area contributed by atoms with Crippen LogP contribution in [0.1, 0.15) is 17.0 Å². The van der Waals surface area contributed by atoms with E-state index < -0.39 is 5.91 Å². The average Bonchev–Trinajstić information content (AvgIpc) is 3.15. The summed E-state index contributed by atoms with van der Waals surface area (Å²) in [7, 11) is 1.58. The van der Waals surface area contributed by atoms with E-state index in [0.29, 0.717) is 11.4 Å². The number of rotatable bonds is 6. The highest BCUT2D eigenvalue weighted by Gasteiger charge is 2.14. The summed E-state index contributed by atoms with van der Waals surface area (Å²) in [6.45, 7) is 4.00. The van der Waals surface area contributed by atoms with Gasteiger partial charge in [-0.3, -0.25) is 4.79 Å². The van der Waals surface area contributed by atoms with E-state index in [1.54, 1.807) is 37.5 Å². The third-order valence-corrected chi connectivity index (χ3v) is 5.72. The third-order valence-electron chi connectivity index (χ3n) is 5.72. The molecule has 0 unspecified atom stereocenters. The number of hydrogen-bond donors (Lipinski definition) is 1. The topological polar surface area (TPSA) is 67.0 Å². The van der Waals surface area contributed by atoms with Crippen LogP contribution in [0.25, 0.3) is 22.9 Å². The minimum atomic E-state index is -0.454. The monoisotopic (exact) mass is 447 g/mol. The SMILES string of the molecule is COc1ccc(NC(=O)C(C#N)=Cc2cc(C)n(-c3ccc(-c4ccccc4)cc3)c2C)cc1. The zero-order valence-electron chi connectivity index (χ0n) is 19.4. The number of carbonyl (C=O) groups excluding carboxylic acids is 1. The molecule has 1 N–H and O–H groups in total. The molecule has 5 nitrogen and oxygen atoms in total. The van der Waals surface area contributed by atoms with Gasteiger partial charge in [-0.05, 0) is 79.1 Å². The molecule has 1 aromatic heterocycles. The number of hydrogen-bond acceptors (Lipinski definition) is 3. The number of nitrogens with zero attached hydrogens (tertiary/aromatic N) is 2. The van der Waals surface area contributed by atoms with E-state index in [1.807, 2.05) is 44.2 Å². The predicted molar refractivity (Wildman–Crippen MR) is 136 cm³/mol. The summed E-state index contributed by atoms with van der Waals surface area (Å²) in [5, 5.41) is 12.4. The van der Waals surface area contributed by atoms with E-state index >= 15 is 0 Å². The molecule has 5 heteroatoms. The summed E-state index contributed by atoms with van der Waals surface area (Å²) in [6, 6.07) is 29.6. The predicted octanol–water partition coefficient (Wildman–Crippen LogP) is 6.32. The number of benzene rings is 3. The van der Waals surface area contributed by atoms with Crippen molar-refractivity contribution in [3.05, 3.63) is 107 Å². The standard InChI is InChI=1S/C29H25N3O2/c1-20-17-24(18-25(19-30)29(33)31-26-11-15-28(34-3)16-12-26)21(2)32(20)27-13-9-23(10-14-27)22-7-5-4-6-8-22/h4-18H,1-3H3,(H,31,33). The lowest BCUT2D eigenvalue weighted by Crippen LogP contribution is -2.13. The summed E-state index contributed by atoms with van der Waals surface area (Å²) < 4.78 is 7.26. The first-order chi connectivity index (χ1) is 16.5. The van der Waals surface area contributed by atoms with Crippen molar-refractivity contribution in [3.63, 3.8) is 0 Å². The van der Waals surface area contributed by atoms with E-state index in [2.05, 4.69) is 46.3 Å². The number of aryl methyl sites for hydroxylation is 1. The van der Waals surface area contributed by atoms with Gasteiger partial charge in [-0.2, -0.15) is 5.26 Å². The largest absolute Gasteiger partial charge is 0.497 e. The molecule has 0 fully saturated rings. The molecular weight excluding hydrogens is 422 g/mol. The van der Waals surface area contributed by atoms with E-state index in [-0.39, 0.29) is 5.57 Å². The summed E-state index contributed by atoms with van der Waals surface area (Å²) in [5.74, 6) is 0.239. The fourth-order valence-electron chi connectivity index (χ4n) is 3.94. The molecular formula is C29H25N3O2. The zero-order valence-corrected chi connectivity index (χ0v) is 19.4. The van der Waals surface area contributed by atoms with Gasteiger partial charge in [0.1, 0.15) is 17.4 Å². The molecule has 4 rings (SSSR count). The van der Waals surface area contributed by atoms with Crippen LogP contribution in [0.4, 0.5) is 5.69 Å². The molecule has 0 saturated carbocycles. The van der Waals surface area contributed by atoms with Crippen LogP contribution in [0.3, 0.4) is 0 Å². The Bertz CT molecular complexity index is 1370. The van der Waals surface area contributed by atoms with Crippen LogP contribution in [0, 0.1) is 25.2 Å². The smallest absolute Gasteiger partial charge is 0.266 e. The first kappa shape index (κ1) is 22.6.